The first-order valence-electron chi connectivity index (χ1n) is 4.33. The molecule has 0 amide bonds. The molecule has 0 unspecified atom stereocenters. The van der Waals surface area contributed by atoms with Crippen molar-refractivity contribution in [1.82, 2.24) is 10.2 Å². The summed E-state index contributed by atoms with van der Waals surface area (Å²) < 4.78 is 5.13. The molecule has 0 fully saturated rings. The molecule has 0 bridgehead atoms. The zero-order chi connectivity index (χ0) is 11.7. The fourth-order valence-corrected chi connectivity index (χ4v) is 1.62. The number of nitro benzene ring substituents is 1. The maximum atomic E-state index is 10.9. The summed E-state index contributed by atoms with van der Waals surface area (Å²) >= 11 is 3.01. The smallest absolute Gasteiger partial charge is 0.285 e. The molecule has 0 atom stereocenters. The third kappa shape index (κ3) is 1.81. The Kier molecular flexibility index (Phi) is 2.69. The van der Waals surface area contributed by atoms with Gasteiger partial charge in [-0.3, -0.25) is 10.1 Å². The van der Waals surface area contributed by atoms with Crippen molar-refractivity contribution in [2.24, 2.45) is 0 Å². The second-order valence-corrected chi connectivity index (χ2v) is 3.76. The zero-order valence-corrected chi connectivity index (χ0v) is 9.76. The highest BCUT2D eigenvalue weighted by Gasteiger charge is 2.21. The Morgan fingerprint density at radius 2 is 2.19 bits per heavy atom. The molecular formula is C9H6BrN3O3. The van der Waals surface area contributed by atoms with Gasteiger partial charge in [0.15, 0.2) is 0 Å². The van der Waals surface area contributed by atoms with E-state index in [1.807, 2.05) is 0 Å². The van der Waals surface area contributed by atoms with Gasteiger partial charge < -0.3 is 4.42 Å². The lowest BCUT2D eigenvalue weighted by molar-refractivity contribution is -0.384. The summed E-state index contributed by atoms with van der Waals surface area (Å²) in [6.07, 6.45) is 0. The molecule has 1 aromatic heterocycles. The predicted molar refractivity (Wildman–Crippen MR) is 58.8 cm³/mol. The molecule has 0 saturated heterocycles. The van der Waals surface area contributed by atoms with Crippen LogP contribution < -0.4 is 0 Å². The lowest BCUT2D eigenvalue weighted by Gasteiger charge is -2.01. The van der Waals surface area contributed by atoms with Gasteiger partial charge in [-0.05, 0) is 12.5 Å². The summed E-state index contributed by atoms with van der Waals surface area (Å²) in [6.45, 7) is 1.75. The summed E-state index contributed by atoms with van der Waals surface area (Å²) in [4.78, 5) is 10.6. The maximum Gasteiger partial charge on any atom is 0.285 e. The minimum absolute atomic E-state index is 0.0452. The lowest BCUT2D eigenvalue weighted by Crippen LogP contribution is -1.94. The molecular weight excluding hydrogens is 278 g/mol. The Morgan fingerprint density at radius 1 is 1.44 bits per heavy atom. The van der Waals surface area contributed by atoms with Crippen molar-refractivity contribution in [2.75, 3.05) is 0 Å². The molecule has 2 aromatic rings. The van der Waals surface area contributed by atoms with Crippen molar-refractivity contribution < 1.29 is 9.34 Å². The molecule has 0 saturated carbocycles. The van der Waals surface area contributed by atoms with E-state index >= 15 is 0 Å². The first-order valence-corrected chi connectivity index (χ1v) is 5.12. The average molecular weight is 284 g/mol. The number of nitro groups is 1. The van der Waals surface area contributed by atoms with Crippen LogP contribution in [0.25, 0.3) is 11.5 Å². The maximum absolute atomic E-state index is 10.9. The molecule has 1 aromatic carbocycles. The first-order chi connectivity index (χ1) is 7.59. The van der Waals surface area contributed by atoms with Gasteiger partial charge in [-0.25, -0.2) is 0 Å². The van der Waals surface area contributed by atoms with E-state index in [1.54, 1.807) is 19.1 Å². The Hall–Kier alpha value is -1.76. The van der Waals surface area contributed by atoms with E-state index in [-0.39, 0.29) is 16.4 Å². The monoisotopic (exact) mass is 283 g/mol. The number of nitrogens with zero attached hydrogens (tertiary/aromatic N) is 3. The molecule has 0 aliphatic heterocycles. The van der Waals surface area contributed by atoms with E-state index in [4.69, 9.17) is 4.42 Å². The molecule has 0 spiro atoms. The summed E-state index contributed by atoms with van der Waals surface area (Å²) in [7, 11) is 0. The van der Waals surface area contributed by atoms with E-state index in [9.17, 15) is 10.1 Å². The van der Waals surface area contributed by atoms with Crippen LogP contribution in [0.4, 0.5) is 5.69 Å². The van der Waals surface area contributed by atoms with Gasteiger partial charge in [-0.2, -0.15) is 0 Å². The molecule has 0 aliphatic carbocycles. The van der Waals surface area contributed by atoms with Crippen LogP contribution in [0.3, 0.4) is 0 Å². The van der Waals surface area contributed by atoms with Gasteiger partial charge in [0.05, 0.1) is 4.92 Å². The number of benzene rings is 1. The summed E-state index contributed by atoms with van der Waals surface area (Å²) in [5, 5.41) is 18.2. The molecule has 1 heterocycles. The molecule has 0 N–H and O–H groups in total. The van der Waals surface area contributed by atoms with E-state index in [2.05, 4.69) is 26.1 Å². The van der Waals surface area contributed by atoms with Crippen LogP contribution in [0.2, 0.25) is 0 Å². The van der Waals surface area contributed by atoms with Gasteiger partial charge >= 0.3 is 0 Å². The molecule has 82 valence electrons. The molecule has 0 aliphatic rings. The van der Waals surface area contributed by atoms with Crippen molar-refractivity contribution in [1.29, 1.82) is 0 Å². The quantitative estimate of drug-likeness (QED) is 0.625. The number of aryl methyl sites for hydroxylation is 1. The summed E-state index contributed by atoms with van der Waals surface area (Å²) in [5.41, 5.74) is 1.02. The molecule has 0 radical (unpaired) electrons. The van der Waals surface area contributed by atoms with Gasteiger partial charge in [0.2, 0.25) is 0 Å². The molecule has 7 heteroatoms. The first kappa shape index (κ1) is 10.7. The third-order valence-electron chi connectivity index (χ3n) is 2.06. The highest BCUT2D eigenvalue weighted by Crippen LogP contribution is 2.32. The van der Waals surface area contributed by atoms with Gasteiger partial charge in [-0.15, -0.1) is 10.2 Å². The third-order valence-corrected chi connectivity index (χ3v) is 2.38. The fourth-order valence-electron chi connectivity index (χ4n) is 1.39. The highest BCUT2D eigenvalue weighted by molar-refractivity contribution is 9.10. The number of hydrogen-bond donors (Lipinski definition) is 0. The zero-order valence-electron chi connectivity index (χ0n) is 8.18. The Bertz CT molecular complexity index is 553. The SMILES string of the molecule is Cc1cccc([N+](=O)[O-])c1-c1nnc(Br)o1. The van der Waals surface area contributed by atoms with E-state index < -0.39 is 4.92 Å². The van der Waals surface area contributed by atoms with E-state index in [0.717, 1.165) is 0 Å². The average Bonchev–Trinajstić information content (AvgIpc) is 2.64. The van der Waals surface area contributed by atoms with Crippen molar-refractivity contribution in [3.05, 3.63) is 38.7 Å². The van der Waals surface area contributed by atoms with Crippen molar-refractivity contribution >= 4 is 21.6 Å². The van der Waals surface area contributed by atoms with Crippen LogP contribution >= 0.6 is 15.9 Å². The van der Waals surface area contributed by atoms with Crippen LogP contribution in [0.5, 0.6) is 0 Å². The Labute approximate surface area is 98.6 Å². The molecule has 2 rings (SSSR count). The van der Waals surface area contributed by atoms with Crippen LogP contribution in [0.15, 0.2) is 27.4 Å². The molecule has 16 heavy (non-hydrogen) atoms. The summed E-state index contributed by atoms with van der Waals surface area (Å²) in [6, 6.07) is 4.77. The normalized spacial score (nSPS) is 10.4. The van der Waals surface area contributed by atoms with E-state index in [0.29, 0.717) is 11.1 Å². The second-order valence-electron chi connectivity index (χ2n) is 3.09. The number of aromatic nitrogens is 2. The minimum atomic E-state index is -0.472. The summed E-state index contributed by atoms with van der Waals surface area (Å²) in [5.74, 6) is 0.136. The highest BCUT2D eigenvalue weighted by atomic mass is 79.9. The predicted octanol–water partition coefficient (Wildman–Crippen LogP) is 2.72. The van der Waals surface area contributed by atoms with Gasteiger partial charge in [-0.1, -0.05) is 12.1 Å². The van der Waals surface area contributed by atoms with Crippen molar-refractivity contribution in [3.8, 4) is 11.5 Å². The molecule has 6 nitrogen and oxygen atoms in total. The topological polar surface area (TPSA) is 82.1 Å². The largest absolute Gasteiger partial charge is 0.411 e. The van der Waals surface area contributed by atoms with Crippen molar-refractivity contribution in [3.63, 3.8) is 0 Å². The minimum Gasteiger partial charge on any atom is -0.411 e. The van der Waals surface area contributed by atoms with Crippen LogP contribution in [0.1, 0.15) is 5.56 Å². The number of hydrogen-bond acceptors (Lipinski definition) is 5. The lowest BCUT2D eigenvalue weighted by atomic mass is 10.1. The fraction of sp³-hybridized carbons (Fsp3) is 0.111. The van der Waals surface area contributed by atoms with Crippen LogP contribution in [0, 0.1) is 17.0 Å². The van der Waals surface area contributed by atoms with Gasteiger partial charge in [0.25, 0.3) is 16.4 Å². The van der Waals surface area contributed by atoms with E-state index in [1.165, 1.54) is 6.07 Å². The van der Waals surface area contributed by atoms with Crippen LogP contribution in [-0.4, -0.2) is 15.1 Å². The Balaban J connectivity index is 2.67. The van der Waals surface area contributed by atoms with Gasteiger partial charge in [0, 0.05) is 22.0 Å². The standard InChI is InChI=1S/C9H6BrN3O3/c1-5-3-2-4-6(13(14)15)7(5)8-11-12-9(10)16-8/h2-4H,1H3. The number of halogens is 1. The van der Waals surface area contributed by atoms with Crippen molar-refractivity contribution in [2.45, 2.75) is 6.92 Å². The van der Waals surface area contributed by atoms with Crippen LogP contribution in [-0.2, 0) is 0 Å². The second kappa shape index (κ2) is 4.01. The van der Waals surface area contributed by atoms with Gasteiger partial charge in [0.1, 0.15) is 5.56 Å². The number of rotatable bonds is 2. The Morgan fingerprint density at radius 3 is 2.75 bits per heavy atom.